The smallest absolute Gasteiger partial charge is 0.432 e. The molecule has 4 saturated carbocycles. The van der Waals surface area contributed by atoms with Gasteiger partial charge in [0, 0.05) is 0 Å². The van der Waals surface area contributed by atoms with Crippen LogP contribution in [0.1, 0.15) is 32.1 Å². The fourth-order valence-corrected chi connectivity index (χ4v) is 6.03. The first-order valence-electron chi connectivity index (χ1n) is 9.59. The number of hydrogen-bond donors (Lipinski definition) is 1. The van der Waals surface area contributed by atoms with E-state index in [0.717, 1.165) is 0 Å². The van der Waals surface area contributed by atoms with Crippen molar-refractivity contribution in [2.24, 2.45) is 23.2 Å². The molecule has 13 heteroatoms. The third-order valence-electron chi connectivity index (χ3n) is 6.67. The van der Waals surface area contributed by atoms with Crippen LogP contribution in [0.25, 0.3) is 0 Å². The largest absolute Gasteiger partial charge is 0.444 e. The second kappa shape index (κ2) is 6.97. The van der Waals surface area contributed by atoms with Crippen molar-refractivity contribution in [3.63, 3.8) is 0 Å². The number of epoxide rings is 1. The van der Waals surface area contributed by atoms with Crippen molar-refractivity contribution in [1.82, 2.24) is 0 Å². The molecule has 1 heterocycles. The van der Waals surface area contributed by atoms with Gasteiger partial charge in [0.2, 0.25) is 0 Å². The molecule has 30 heavy (non-hydrogen) atoms. The number of rotatable bonds is 7. The highest BCUT2D eigenvalue weighted by atomic mass is 32.2. The van der Waals surface area contributed by atoms with Crippen LogP contribution < -0.4 is 0 Å². The van der Waals surface area contributed by atoms with Gasteiger partial charge in [-0.1, -0.05) is 0 Å². The van der Waals surface area contributed by atoms with Crippen LogP contribution in [0.15, 0.2) is 0 Å². The normalized spacial score (nSPS) is 39.1. The summed E-state index contributed by atoms with van der Waals surface area (Å²) in [5.41, 5.74) is -1.40. The van der Waals surface area contributed by atoms with Gasteiger partial charge in [0.25, 0.3) is 6.10 Å². The van der Waals surface area contributed by atoms with E-state index in [4.69, 9.17) is 14.0 Å². The Bertz CT molecular complexity index is 794. The SMILES string of the molecule is O=C(OC(C(F)(F)F)C(F)(F)S(=O)(=O)O)C12CC3CC(C1)C(OCC1CO1)C(C3)C2. The fourth-order valence-electron chi connectivity index (χ4n) is 5.58. The first kappa shape index (κ1) is 22.2. The highest BCUT2D eigenvalue weighted by Crippen LogP contribution is 2.61. The summed E-state index contributed by atoms with van der Waals surface area (Å²) in [6, 6.07) is 0. The molecule has 0 spiro atoms. The zero-order chi connectivity index (χ0) is 22.1. The summed E-state index contributed by atoms with van der Waals surface area (Å²) >= 11 is 0. The van der Waals surface area contributed by atoms with Gasteiger partial charge in [0.15, 0.2) is 0 Å². The van der Waals surface area contributed by atoms with Gasteiger partial charge in [-0.25, -0.2) is 0 Å². The molecule has 4 bridgehead atoms. The quantitative estimate of drug-likeness (QED) is 0.267. The Balaban J connectivity index is 1.53. The van der Waals surface area contributed by atoms with Crippen molar-refractivity contribution in [2.75, 3.05) is 13.2 Å². The summed E-state index contributed by atoms with van der Waals surface area (Å²) < 4.78 is 112. The van der Waals surface area contributed by atoms with Gasteiger partial charge in [-0.2, -0.15) is 30.4 Å². The lowest BCUT2D eigenvalue weighted by atomic mass is 9.48. The van der Waals surface area contributed by atoms with E-state index < -0.39 is 39.0 Å². The Kier molecular flexibility index (Phi) is 5.15. The minimum atomic E-state index is -6.47. The molecule has 5 fully saturated rings. The lowest BCUT2D eigenvalue weighted by Gasteiger charge is -2.58. The van der Waals surface area contributed by atoms with E-state index >= 15 is 0 Å². The van der Waals surface area contributed by atoms with Crippen LogP contribution in [0.5, 0.6) is 0 Å². The molecular formula is C17H21F5O7S. The highest BCUT2D eigenvalue weighted by molar-refractivity contribution is 7.86. The molecule has 1 N–H and O–H groups in total. The van der Waals surface area contributed by atoms with Gasteiger partial charge in [-0.15, -0.1) is 0 Å². The molecule has 0 aromatic rings. The van der Waals surface area contributed by atoms with Crippen molar-refractivity contribution in [3.8, 4) is 0 Å². The molecule has 0 aromatic carbocycles. The summed E-state index contributed by atoms with van der Waals surface area (Å²) in [5.74, 6) is -1.74. The molecule has 4 unspecified atom stereocenters. The molecule has 1 aliphatic heterocycles. The van der Waals surface area contributed by atoms with Crippen LogP contribution in [0, 0.1) is 23.2 Å². The Labute approximate surface area is 169 Å². The fraction of sp³-hybridized carbons (Fsp3) is 0.941. The van der Waals surface area contributed by atoms with E-state index in [1.54, 1.807) is 0 Å². The number of alkyl halides is 5. The molecule has 0 amide bonds. The van der Waals surface area contributed by atoms with Crippen molar-refractivity contribution < 1.29 is 53.9 Å². The number of ether oxygens (including phenoxy) is 3. The summed E-state index contributed by atoms with van der Waals surface area (Å²) in [7, 11) is -6.47. The molecule has 5 aliphatic rings. The van der Waals surface area contributed by atoms with Crippen molar-refractivity contribution in [3.05, 3.63) is 0 Å². The summed E-state index contributed by atoms with van der Waals surface area (Å²) in [6.45, 7) is 0.984. The highest BCUT2D eigenvalue weighted by Gasteiger charge is 2.68. The molecule has 5 rings (SSSR count). The topological polar surface area (TPSA) is 102 Å². The van der Waals surface area contributed by atoms with Gasteiger partial charge < -0.3 is 14.2 Å². The predicted octanol–water partition coefficient (Wildman–Crippen LogP) is 2.55. The molecule has 1 saturated heterocycles. The molecule has 4 aliphatic carbocycles. The van der Waals surface area contributed by atoms with Gasteiger partial charge in [-0.05, 0) is 49.9 Å². The first-order chi connectivity index (χ1) is 13.7. The minimum Gasteiger partial charge on any atom is -0.444 e. The predicted molar refractivity (Wildman–Crippen MR) is 87.9 cm³/mol. The van der Waals surface area contributed by atoms with Crippen LogP contribution in [-0.2, 0) is 29.1 Å². The summed E-state index contributed by atoms with van der Waals surface area (Å²) in [4.78, 5) is 12.7. The van der Waals surface area contributed by atoms with Crippen LogP contribution in [-0.4, -0.2) is 61.9 Å². The first-order valence-corrected chi connectivity index (χ1v) is 11.0. The molecule has 0 aromatic heterocycles. The van der Waals surface area contributed by atoms with Crippen molar-refractivity contribution in [1.29, 1.82) is 0 Å². The lowest BCUT2D eigenvalue weighted by molar-refractivity contribution is -0.268. The van der Waals surface area contributed by atoms with E-state index in [-0.39, 0.29) is 49.2 Å². The molecule has 0 radical (unpaired) electrons. The number of esters is 1. The minimum absolute atomic E-state index is 0.0244. The standard InChI is InChI=1S/C17H21F5O7S/c18-16(19,20)13(17(21,22)30(24,25)26)29-14(23)15-3-8-1-9(4-15)12(10(2-8)5-15)28-7-11-6-27-11/h8-13H,1-7H2,(H,24,25,26). The van der Waals surface area contributed by atoms with Gasteiger partial charge in [-0.3, -0.25) is 9.35 Å². The molecular weight excluding hydrogens is 443 g/mol. The molecule has 4 atom stereocenters. The van der Waals surface area contributed by atoms with E-state index in [9.17, 15) is 35.2 Å². The van der Waals surface area contributed by atoms with Crippen molar-refractivity contribution in [2.45, 2.75) is 61.8 Å². The maximum Gasteiger partial charge on any atom is 0.432 e. The average molecular weight is 464 g/mol. The van der Waals surface area contributed by atoms with Crippen LogP contribution in [0.4, 0.5) is 22.0 Å². The molecule has 7 nitrogen and oxygen atoms in total. The Morgan fingerprint density at radius 3 is 2.17 bits per heavy atom. The lowest BCUT2D eigenvalue weighted by Crippen LogP contribution is -2.59. The van der Waals surface area contributed by atoms with E-state index in [1.165, 1.54) is 0 Å². The Morgan fingerprint density at radius 1 is 1.13 bits per heavy atom. The third-order valence-corrected chi connectivity index (χ3v) is 7.57. The maximum absolute atomic E-state index is 13.8. The Hall–Kier alpha value is -1.05. The number of halogens is 5. The number of hydrogen-bond acceptors (Lipinski definition) is 6. The van der Waals surface area contributed by atoms with Crippen LogP contribution in [0.3, 0.4) is 0 Å². The Morgan fingerprint density at radius 2 is 1.70 bits per heavy atom. The van der Waals surface area contributed by atoms with Crippen molar-refractivity contribution >= 4 is 16.1 Å². The second-order valence-electron chi connectivity index (χ2n) is 8.87. The van der Waals surface area contributed by atoms with Crippen LogP contribution in [0.2, 0.25) is 0 Å². The zero-order valence-corrected chi connectivity index (χ0v) is 16.4. The van der Waals surface area contributed by atoms with E-state index in [0.29, 0.717) is 26.1 Å². The van der Waals surface area contributed by atoms with Gasteiger partial charge in [0.05, 0.1) is 24.7 Å². The van der Waals surface area contributed by atoms with E-state index in [2.05, 4.69) is 4.74 Å². The average Bonchev–Trinajstić information content (AvgIpc) is 3.40. The number of carbonyl (C=O) groups excluding carboxylic acids is 1. The molecule has 172 valence electrons. The monoisotopic (exact) mass is 464 g/mol. The maximum atomic E-state index is 13.8. The third kappa shape index (κ3) is 3.82. The van der Waals surface area contributed by atoms with Gasteiger partial charge >= 0.3 is 27.5 Å². The zero-order valence-electron chi connectivity index (χ0n) is 15.6. The van der Waals surface area contributed by atoms with Crippen LogP contribution >= 0.6 is 0 Å². The number of carbonyl (C=O) groups is 1. The van der Waals surface area contributed by atoms with Gasteiger partial charge in [0.1, 0.15) is 6.10 Å². The van der Waals surface area contributed by atoms with E-state index in [1.807, 2.05) is 0 Å². The second-order valence-corrected chi connectivity index (χ2v) is 10.4. The summed E-state index contributed by atoms with van der Waals surface area (Å²) in [5, 5.41) is -5.72. The summed E-state index contributed by atoms with van der Waals surface area (Å²) in [6.07, 6.45) is -8.49.